The summed E-state index contributed by atoms with van der Waals surface area (Å²) in [6, 6.07) is -0.242. The van der Waals surface area contributed by atoms with Crippen molar-refractivity contribution in [2.24, 2.45) is 11.7 Å². The quantitative estimate of drug-likeness (QED) is 0.0921. The Labute approximate surface area is 321 Å². The summed E-state index contributed by atoms with van der Waals surface area (Å²) in [5.41, 5.74) is 7.61. The molecule has 6 N–H and O–H groups in total. The van der Waals surface area contributed by atoms with Gasteiger partial charge < -0.3 is 36.3 Å². The minimum absolute atomic E-state index is 0.0402. The van der Waals surface area contributed by atoms with Crippen molar-refractivity contribution in [3.63, 3.8) is 0 Å². The Morgan fingerprint density at radius 1 is 0.944 bits per heavy atom. The average Bonchev–Trinajstić information content (AvgIpc) is 3.10. The van der Waals surface area contributed by atoms with Crippen LogP contribution in [-0.2, 0) is 39.9 Å². The van der Waals surface area contributed by atoms with Crippen LogP contribution in [0.4, 0.5) is 4.79 Å². The van der Waals surface area contributed by atoms with Gasteiger partial charge in [0, 0.05) is 13.0 Å². The Kier molecular flexibility index (Phi) is 19.5. The van der Waals surface area contributed by atoms with Gasteiger partial charge in [-0.05, 0) is 101 Å². The number of unbranched alkanes of at least 4 members (excludes halogenated alkanes) is 3. The molecule has 14 nitrogen and oxygen atoms in total. The molecule has 1 aromatic rings. The van der Waals surface area contributed by atoms with Crippen LogP contribution < -0.4 is 21.7 Å². The van der Waals surface area contributed by atoms with Crippen molar-refractivity contribution in [3.05, 3.63) is 28.8 Å². The molecule has 0 unspecified atom stereocenters. The highest BCUT2D eigenvalue weighted by atomic mass is 16.6. The maximum atomic E-state index is 14.0. The number of nitrogens with one attached hydrogen (secondary N) is 3. The van der Waals surface area contributed by atoms with Gasteiger partial charge in [-0.15, -0.1) is 0 Å². The molecule has 0 radical (unpaired) electrons. The van der Waals surface area contributed by atoms with Gasteiger partial charge in [-0.2, -0.15) is 0 Å². The number of aryl methyl sites for hydroxylation is 2. The zero-order valence-electron chi connectivity index (χ0n) is 33.5. The van der Waals surface area contributed by atoms with E-state index in [0.717, 1.165) is 60.1 Å². The molecule has 54 heavy (non-hydrogen) atoms. The monoisotopic (exact) mass is 759 g/mol. The Bertz CT molecular complexity index is 1400. The molecule has 1 aromatic carbocycles. The minimum Gasteiger partial charge on any atom is -0.508 e. The lowest BCUT2D eigenvalue weighted by Gasteiger charge is -2.33. The van der Waals surface area contributed by atoms with Gasteiger partial charge in [0.25, 0.3) is 0 Å². The highest BCUT2D eigenvalue weighted by Gasteiger charge is 2.40. The van der Waals surface area contributed by atoms with Gasteiger partial charge in [0.1, 0.15) is 23.4 Å². The summed E-state index contributed by atoms with van der Waals surface area (Å²) in [5.74, 6) is -2.38. The topological polar surface area (TPSA) is 206 Å². The highest BCUT2D eigenvalue weighted by molar-refractivity contribution is 6.01. The van der Waals surface area contributed by atoms with E-state index in [0.29, 0.717) is 45.1 Å². The second-order valence-corrected chi connectivity index (χ2v) is 15.5. The highest BCUT2D eigenvalue weighted by Crippen LogP contribution is 2.28. The molecule has 5 amide bonds. The van der Waals surface area contributed by atoms with Crippen LogP contribution in [0.15, 0.2) is 12.1 Å². The minimum atomic E-state index is -1.33. The SMILES string of the molecule is CCCC[C@H](C(=O)NCC(=O)N[C@@H](CC1CCCCC1)C(=O)NCCCCCC(=O)OC)N(C(=O)OC(C)(C)C)C(=O)[C@@H](N)Cc1c(C)cc(O)cc1C. The number of imide groups is 1. The molecule has 1 aliphatic rings. The van der Waals surface area contributed by atoms with Crippen molar-refractivity contribution in [1.82, 2.24) is 20.9 Å². The predicted molar refractivity (Wildman–Crippen MR) is 205 cm³/mol. The zero-order chi connectivity index (χ0) is 40.4. The molecule has 14 heteroatoms. The second kappa shape index (κ2) is 22.9. The number of ether oxygens (including phenoxy) is 2. The fraction of sp³-hybridized carbons (Fsp3) is 0.700. The lowest BCUT2D eigenvalue weighted by atomic mass is 9.84. The molecule has 0 heterocycles. The number of esters is 1. The van der Waals surface area contributed by atoms with E-state index in [1.54, 1.807) is 46.8 Å². The smallest absolute Gasteiger partial charge is 0.417 e. The average molecular weight is 760 g/mol. The van der Waals surface area contributed by atoms with Crippen LogP contribution >= 0.6 is 0 Å². The van der Waals surface area contributed by atoms with Crippen molar-refractivity contribution in [3.8, 4) is 5.75 Å². The lowest BCUT2D eigenvalue weighted by molar-refractivity contribution is -0.141. The summed E-state index contributed by atoms with van der Waals surface area (Å²) in [4.78, 5) is 80.3. The van der Waals surface area contributed by atoms with E-state index in [1.807, 2.05) is 6.92 Å². The zero-order valence-corrected chi connectivity index (χ0v) is 33.5. The summed E-state index contributed by atoms with van der Waals surface area (Å²) in [6.45, 7) is 10.3. The molecule has 0 aliphatic heterocycles. The summed E-state index contributed by atoms with van der Waals surface area (Å²) < 4.78 is 10.3. The summed E-state index contributed by atoms with van der Waals surface area (Å²) in [7, 11) is 1.35. The van der Waals surface area contributed by atoms with Gasteiger partial charge in [-0.25, -0.2) is 9.69 Å². The summed E-state index contributed by atoms with van der Waals surface area (Å²) >= 11 is 0. The molecule has 2 rings (SSSR count). The Morgan fingerprint density at radius 2 is 1.59 bits per heavy atom. The molecule has 0 bridgehead atoms. The van der Waals surface area contributed by atoms with Crippen LogP contribution in [0.3, 0.4) is 0 Å². The molecule has 3 atom stereocenters. The predicted octanol–water partition coefficient (Wildman–Crippen LogP) is 4.62. The first kappa shape index (κ1) is 46.0. The number of methoxy groups -OCH3 is 1. The van der Waals surface area contributed by atoms with Crippen molar-refractivity contribution in [2.45, 2.75) is 155 Å². The summed E-state index contributed by atoms with van der Waals surface area (Å²) in [6.07, 6.45) is 8.24. The van der Waals surface area contributed by atoms with Crippen molar-refractivity contribution >= 4 is 35.7 Å². The van der Waals surface area contributed by atoms with Crippen molar-refractivity contribution in [2.75, 3.05) is 20.2 Å². The van der Waals surface area contributed by atoms with Gasteiger partial charge in [0.2, 0.25) is 23.6 Å². The van der Waals surface area contributed by atoms with Crippen LogP contribution in [0.1, 0.15) is 128 Å². The molecular weight excluding hydrogens is 694 g/mol. The number of hydrogen-bond donors (Lipinski definition) is 5. The van der Waals surface area contributed by atoms with Crippen LogP contribution in [0.5, 0.6) is 5.75 Å². The van der Waals surface area contributed by atoms with Gasteiger partial charge in [-0.3, -0.25) is 24.0 Å². The molecule has 1 aliphatic carbocycles. The van der Waals surface area contributed by atoms with Gasteiger partial charge >= 0.3 is 12.1 Å². The maximum Gasteiger partial charge on any atom is 0.417 e. The Balaban J connectivity index is 2.21. The number of nitrogens with two attached hydrogens (primary N) is 1. The number of hydrogen-bond acceptors (Lipinski definition) is 10. The fourth-order valence-electron chi connectivity index (χ4n) is 6.76. The third-order valence-corrected chi connectivity index (χ3v) is 9.65. The largest absolute Gasteiger partial charge is 0.508 e. The lowest BCUT2D eigenvalue weighted by Crippen LogP contribution is -2.58. The molecule has 0 saturated heterocycles. The number of benzene rings is 1. The van der Waals surface area contributed by atoms with E-state index in [4.69, 9.17) is 10.5 Å². The first-order valence-corrected chi connectivity index (χ1v) is 19.5. The van der Waals surface area contributed by atoms with Crippen molar-refractivity contribution < 1.29 is 43.3 Å². The standard InChI is InChI=1S/C40H65N5O9/c1-8-9-18-33(45(39(52)54-40(4,5)6)38(51)31(41)24-30-26(2)21-29(46)22-27(30)3)37(50)43-25-34(47)44-32(23-28-16-12-10-13-17-28)36(49)42-20-15-11-14-19-35(48)53-7/h21-22,28,31-33,46H,8-20,23-25,41H2,1-7H3,(H,42,49)(H,43,50)(H,44,47)/t31-,32-,33+/m0/s1. The Hall–Kier alpha value is -4.20. The van der Waals surface area contributed by atoms with Gasteiger partial charge in [0.15, 0.2) is 0 Å². The van der Waals surface area contributed by atoms with E-state index in [-0.39, 0.29) is 36.4 Å². The maximum absolute atomic E-state index is 14.0. The number of carbonyl (C=O) groups excluding carboxylic acids is 6. The van der Waals surface area contributed by atoms with Gasteiger partial charge in [-0.1, -0.05) is 58.3 Å². The number of rotatable bonds is 20. The van der Waals surface area contributed by atoms with Crippen LogP contribution in [0.25, 0.3) is 0 Å². The van der Waals surface area contributed by atoms with Gasteiger partial charge in [0.05, 0.1) is 19.7 Å². The van der Waals surface area contributed by atoms with Crippen LogP contribution in [0.2, 0.25) is 0 Å². The Morgan fingerprint density at radius 3 is 2.19 bits per heavy atom. The fourth-order valence-corrected chi connectivity index (χ4v) is 6.76. The normalized spacial score (nSPS) is 15.0. The van der Waals surface area contributed by atoms with Crippen molar-refractivity contribution in [1.29, 1.82) is 0 Å². The number of carbonyl (C=O) groups is 6. The molecule has 0 aromatic heterocycles. The third kappa shape index (κ3) is 16.0. The number of aromatic hydroxyl groups is 1. The van der Waals surface area contributed by atoms with E-state index < -0.39 is 54.1 Å². The number of amides is 5. The van der Waals surface area contributed by atoms with E-state index in [2.05, 4.69) is 20.7 Å². The third-order valence-electron chi connectivity index (χ3n) is 9.65. The first-order chi connectivity index (χ1) is 25.5. The molecular formula is C40H65N5O9. The number of phenolic OH excluding ortho intramolecular Hbond substituents is 1. The van der Waals surface area contributed by atoms with Crippen LogP contribution in [0, 0.1) is 19.8 Å². The number of nitrogens with zero attached hydrogens (tertiary/aromatic N) is 1. The van der Waals surface area contributed by atoms with Crippen LogP contribution in [-0.4, -0.2) is 89.6 Å². The second-order valence-electron chi connectivity index (χ2n) is 15.5. The van der Waals surface area contributed by atoms with E-state index >= 15 is 0 Å². The molecule has 0 spiro atoms. The summed E-state index contributed by atoms with van der Waals surface area (Å²) in [5, 5.41) is 18.3. The molecule has 304 valence electrons. The van der Waals surface area contributed by atoms with E-state index in [1.165, 1.54) is 7.11 Å². The number of phenols is 1. The first-order valence-electron chi connectivity index (χ1n) is 19.5. The molecule has 1 saturated carbocycles. The molecule has 1 fully saturated rings. The van der Waals surface area contributed by atoms with E-state index in [9.17, 15) is 33.9 Å².